The molecule has 4 aliphatic rings. The zero-order valence-electron chi connectivity index (χ0n) is 19.5. The van der Waals surface area contributed by atoms with Crippen LogP contribution < -0.4 is 0 Å². The molecule has 0 radical (unpaired) electrons. The van der Waals surface area contributed by atoms with Crippen molar-refractivity contribution in [1.82, 2.24) is 0 Å². The van der Waals surface area contributed by atoms with E-state index >= 15 is 0 Å². The lowest BCUT2D eigenvalue weighted by Crippen LogP contribution is -2.53. The predicted molar refractivity (Wildman–Crippen MR) is 120 cm³/mol. The summed E-state index contributed by atoms with van der Waals surface area (Å²) in [5.74, 6) is 4.88. The van der Waals surface area contributed by atoms with E-state index in [4.69, 9.17) is 0 Å². The Hall–Kier alpha value is -0.340. The van der Waals surface area contributed by atoms with Crippen molar-refractivity contribution >= 4 is 0 Å². The minimum absolute atomic E-state index is 0.00948. The second-order valence-electron chi connectivity index (χ2n) is 12.1. The first-order valence-corrected chi connectivity index (χ1v) is 12.8. The maximum Gasteiger partial charge on any atom is 0.0724 e. The van der Waals surface area contributed by atoms with E-state index in [1.54, 1.807) is 0 Å². The lowest BCUT2D eigenvalue weighted by atomic mass is 9.46. The van der Waals surface area contributed by atoms with Crippen LogP contribution in [-0.2, 0) is 0 Å². The zero-order chi connectivity index (χ0) is 20.8. The molecule has 166 valence electrons. The molecule has 2 nitrogen and oxygen atoms in total. The normalized spacial score (nSPS) is 45.3. The molecule has 4 rings (SSSR count). The minimum atomic E-state index is -0.280. The van der Waals surface area contributed by atoms with Crippen molar-refractivity contribution in [2.24, 2.45) is 46.3 Å². The SMILES string of the molecule is CC(C)CCC[C@@H](C)[C@H]1CC[C@H]2[C@@H]3CCC4=CC(O)CC[C@]4(CO)[C@H]3CC[C@]12C. The van der Waals surface area contributed by atoms with Crippen molar-refractivity contribution < 1.29 is 10.2 Å². The van der Waals surface area contributed by atoms with Crippen molar-refractivity contribution in [3.8, 4) is 0 Å². The fraction of sp³-hybridized carbons (Fsp3) is 0.926. The third-order valence-corrected chi connectivity index (χ3v) is 10.3. The van der Waals surface area contributed by atoms with Gasteiger partial charge in [-0.2, -0.15) is 0 Å². The van der Waals surface area contributed by atoms with E-state index in [1.165, 1.54) is 56.9 Å². The highest BCUT2D eigenvalue weighted by atomic mass is 16.3. The Morgan fingerprint density at radius 1 is 1.00 bits per heavy atom. The minimum Gasteiger partial charge on any atom is -0.395 e. The second kappa shape index (κ2) is 8.30. The van der Waals surface area contributed by atoms with Crippen LogP contribution in [0.3, 0.4) is 0 Å². The smallest absolute Gasteiger partial charge is 0.0724 e. The maximum absolute atomic E-state index is 10.6. The Kier molecular flexibility index (Phi) is 6.26. The molecule has 2 N–H and O–H groups in total. The molecule has 0 saturated heterocycles. The summed E-state index contributed by atoms with van der Waals surface area (Å²) in [6.07, 6.45) is 15.8. The van der Waals surface area contributed by atoms with Gasteiger partial charge >= 0.3 is 0 Å². The molecule has 0 aromatic carbocycles. The number of rotatable bonds is 6. The highest BCUT2D eigenvalue weighted by Crippen LogP contribution is 2.67. The van der Waals surface area contributed by atoms with Crippen molar-refractivity contribution in [2.45, 2.75) is 104 Å². The summed E-state index contributed by atoms with van der Waals surface area (Å²) in [5, 5.41) is 20.8. The molecule has 0 amide bonds. The lowest BCUT2D eigenvalue weighted by Gasteiger charge is -2.59. The maximum atomic E-state index is 10.6. The van der Waals surface area contributed by atoms with Gasteiger partial charge in [-0.15, -0.1) is 0 Å². The molecule has 3 saturated carbocycles. The fourth-order valence-corrected chi connectivity index (χ4v) is 8.82. The molecule has 0 bridgehead atoms. The summed E-state index contributed by atoms with van der Waals surface area (Å²) >= 11 is 0. The van der Waals surface area contributed by atoms with Gasteiger partial charge in [0.05, 0.1) is 12.7 Å². The van der Waals surface area contributed by atoms with Crippen LogP contribution in [0, 0.1) is 46.3 Å². The summed E-state index contributed by atoms with van der Waals surface area (Å²) < 4.78 is 0. The monoisotopic (exact) mass is 402 g/mol. The third kappa shape index (κ3) is 3.65. The Balaban J connectivity index is 1.51. The number of fused-ring (bicyclic) bond motifs is 5. The molecule has 3 fully saturated rings. The molecular formula is C27H46O2. The van der Waals surface area contributed by atoms with Gasteiger partial charge in [0.15, 0.2) is 0 Å². The van der Waals surface area contributed by atoms with Gasteiger partial charge in [-0.25, -0.2) is 0 Å². The molecule has 0 spiro atoms. The van der Waals surface area contributed by atoms with Crippen molar-refractivity contribution in [3.63, 3.8) is 0 Å². The molecule has 0 aromatic rings. The third-order valence-electron chi connectivity index (χ3n) is 10.3. The van der Waals surface area contributed by atoms with Gasteiger partial charge in [0, 0.05) is 5.41 Å². The average Bonchev–Trinajstić information content (AvgIpc) is 3.04. The number of hydrogen-bond acceptors (Lipinski definition) is 2. The highest BCUT2D eigenvalue weighted by Gasteiger charge is 2.60. The second-order valence-corrected chi connectivity index (χ2v) is 12.1. The molecule has 0 aromatic heterocycles. The van der Waals surface area contributed by atoms with Crippen LogP contribution in [0.5, 0.6) is 0 Å². The molecule has 29 heavy (non-hydrogen) atoms. The lowest BCUT2D eigenvalue weighted by molar-refractivity contribution is -0.0841. The molecule has 0 heterocycles. The standard InChI is InChI=1S/C27H46O2/c1-18(2)6-5-7-19(3)23-10-11-24-22-9-8-20-16-21(29)12-15-27(20,17-28)25(22)13-14-26(23,24)4/h16,18-19,21-25,28-29H,5-15,17H2,1-4H3/t19-,21?,22+,23-,24+,25+,26-,27-/m1/s1. The number of aliphatic hydroxyl groups excluding tert-OH is 2. The molecular weight excluding hydrogens is 356 g/mol. The fourth-order valence-electron chi connectivity index (χ4n) is 8.82. The first-order valence-electron chi connectivity index (χ1n) is 12.8. The summed E-state index contributed by atoms with van der Waals surface area (Å²) in [7, 11) is 0. The molecule has 4 aliphatic carbocycles. The van der Waals surface area contributed by atoms with Crippen LogP contribution in [0.4, 0.5) is 0 Å². The summed E-state index contributed by atoms with van der Waals surface area (Å²) in [6.45, 7) is 10.2. The largest absolute Gasteiger partial charge is 0.395 e. The number of aliphatic hydroxyl groups is 2. The van der Waals surface area contributed by atoms with Crippen LogP contribution >= 0.6 is 0 Å². The predicted octanol–water partition coefficient (Wildman–Crippen LogP) is 6.36. The van der Waals surface area contributed by atoms with Crippen LogP contribution in [0.15, 0.2) is 11.6 Å². The van der Waals surface area contributed by atoms with Crippen LogP contribution in [0.1, 0.15) is 98.3 Å². The summed E-state index contributed by atoms with van der Waals surface area (Å²) in [4.78, 5) is 0. The molecule has 0 aliphatic heterocycles. The molecule has 1 unspecified atom stereocenters. The van der Waals surface area contributed by atoms with E-state index in [1.807, 2.05) is 0 Å². The van der Waals surface area contributed by atoms with Crippen LogP contribution in [0.2, 0.25) is 0 Å². The Morgan fingerprint density at radius 2 is 1.79 bits per heavy atom. The van der Waals surface area contributed by atoms with Gasteiger partial charge in [0.2, 0.25) is 0 Å². The first kappa shape index (κ1) is 21.9. The Bertz CT molecular complexity index is 610. The van der Waals surface area contributed by atoms with Crippen molar-refractivity contribution in [1.29, 1.82) is 0 Å². The quantitative estimate of drug-likeness (QED) is 0.507. The van der Waals surface area contributed by atoms with Gasteiger partial charge in [0.1, 0.15) is 0 Å². The van der Waals surface area contributed by atoms with Crippen molar-refractivity contribution in [3.05, 3.63) is 11.6 Å². The first-order chi connectivity index (χ1) is 13.8. The van der Waals surface area contributed by atoms with Gasteiger partial charge in [-0.05, 0) is 92.3 Å². The van der Waals surface area contributed by atoms with E-state index in [0.717, 1.165) is 48.9 Å². The Morgan fingerprint density at radius 3 is 2.52 bits per heavy atom. The van der Waals surface area contributed by atoms with Crippen molar-refractivity contribution in [2.75, 3.05) is 6.61 Å². The van der Waals surface area contributed by atoms with E-state index in [2.05, 4.69) is 33.8 Å². The van der Waals surface area contributed by atoms with E-state index in [-0.39, 0.29) is 11.5 Å². The van der Waals surface area contributed by atoms with Gasteiger partial charge in [-0.3, -0.25) is 0 Å². The van der Waals surface area contributed by atoms with Gasteiger partial charge in [0.25, 0.3) is 0 Å². The summed E-state index contributed by atoms with van der Waals surface area (Å²) in [5.41, 5.74) is 1.91. The van der Waals surface area contributed by atoms with Gasteiger partial charge in [-0.1, -0.05) is 58.6 Å². The highest BCUT2D eigenvalue weighted by molar-refractivity contribution is 5.26. The van der Waals surface area contributed by atoms with Crippen LogP contribution in [0.25, 0.3) is 0 Å². The van der Waals surface area contributed by atoms with E-state index < -0.39 is 0 Å². The number of hydrogen-bond donors (Lipinski definition) is 2. The van der Waals surface area contributed by atoms with Gasteiger partial charge < -0.3 is 10.2 Å². The van der Waals surface area contributed by atoms with E-state index in [0.29, 0.717) is 17.9 Å². The van der Waals surface area contributed by atoms with Crippen LogP contribution in [-0.4, -0.2) is 22.9 Å². The average molecular weight is 403 g/mol. The summed E-state index contributed by atoms with van der Waals surface area (Å²) in [6, 6.07) is 0. The van der Waals surface area contributed by atoms with E-state index in [9.17, 15) is 10.2 Å². The molecule has 8 atom stereocenters. The topological polar surface area (TPSA) is 40.5 Å². The zero-order valence-corrected chi connectivity index (χ0v) is 19.5. The Labute approximate surface area is 179 Å². The molecule has 2 heteroatoms.